The van der Waals surface area contributed by atoms with Crippen LogP contribution in [0.1, 0.15) is 31.8 Å². The predicted molar refractivity (Wildman–Crippen MR) is 121 cm³/mol. The Morgan fingerprint density at radius 3 is 2.30 bits per heavy atom. The number of nitrogens with one attached hydrogen (secondary N) is 4. The standard InChI is InChI=1S/C22H21N5O2S/c1-14-5-10-19(15(2)12-14)25-22(30)27-26-21(29)16-6-8-18(9-7-16)24-20(28)17-4-3-11-23-13-17/h3-13H,1-2H3,(H,24,28)(H,26,29)(H2,25,27,30). The number of thiocarbonyl (C=S) groups is 1. The number of hydrogen-bond acceptors (Lipinski definition) is 4. The summed E-state index contributed by atoms with van der Waals surface area (Å²) in [4.78, 5) is 28.4. The molecule has 3 rings (SSSR count). The molecule has 8 heteroatoms. The van der Waals surface area contributed by atoms with Crippen molar-refractivity contribution in [3.63, 3.8) is 0 Å². The molecule has 0 saturated carbocycles. The van der Waals surface area contributed by atoms with Gasteiger partial charge in [-0.15, -0.1) is 0 Å². The summed E-state index contributed by atoms with van der Waals surface area (Å²) in [5, 5.41) is 6.07. The molecule has 30 heavy (non-hydrogen) atoms. The van der Waals surface area contributed by atoms with Crippen LogP contribution in [0.2, 0.25) is 0 Å². The Labute approximate surface area is 179 Å². The second-order valence-electron chi connectivity index (χ2n) is 6.62. The molecule has 0 unspecified atom stereocenters. The molecule has 0 atom stereocenters. The third kappa shape index (κ3) is 5.62. The zero-order valence-corrected chi connectivity index (χ0v) is 17.3. The molecule has 1 aromatic heterocycles. The molecule has 3 aromatic rings. The molecule has 0 aliphatic carbocycles. The van der Waals surface area contributed by atoms with E-state index in [1.165, 1.54) is 6.20 Å². The van der Waals surface area contributed by atoms with Gasteiger partial charge in [-0.2, -0.15) is 0 Å². The summed E-state index contributed by atoms with van der Waals surface area (Å²) in [6, 6.07) is 15.8. The van der Waals surface area contributed by atoms with E-state index < -0.39 is 0 Å². The molecule has 0 bridgehead atoms. The highest BCUT2D eigenvalue weighted by atomic mass is 32.1. The number of pyridine rings is 1. The lowest BCUT2D eigenvalue weighted by molar-refractivity contribution is 0.0943. The first-order chi connectivity index (χ1) is 14.4. The van der Waals surface area contributed by atoms with Gasteiger partial charge in [-0.3, -0.25) is 25.4 Å². The Morgan fingerprint density at radius 2 is 1.63 bits per heavy atom. The molecule has 2 amide bonds. The average Bonchev–Trinajstić information content (AvgIpc) is 2.75. The fraction of sp³-hybridized carbons (Fsp3) is 0.0909. The molecule has 0 aliphatic rings. The van der Waals surface area contributed by atoms with E-state index in [-0.39, 0.29) is 16.9 Å². The number of carbonyl (C=O) groups is 2. The Kier molecular flexibility index (Phi) is 6.71. The maximum absolute atomic E-state index is 12.3. The second-order valence-corrected chi connectivity index (χ2v) is 7.03. The minimum absolute atomic E-state index is 0.273. The minimum Gasteiger partial charge on any atom is -0.331 e. The molecule has 7 nitrogen and oxygen atoms in total. The van der Waals surface area contributed by atoms with Gasteiger partial charge in [-0.25, -0.2) is 0 Å². The molecule has 0 saturated heterocycles. The number of aromatic nitrogens is 1. The SMILES string of the molecule is Cc1ccc(NC(=S)NNC(=O)c2ccc(NC(=O)c3cccnc3)cc2)c(C)c1. The number of hydrazine groups is 1. The lowest BCUT2D eigenvalue weighted by atomic mass is 10.1. The molecule has 0 spiro atoms. The third-order valence-corrected chi connectivity index (χ3v) is 4.45. The summed E-state index contributed by atoms with van der Waals surface area (Å²) in [5.74, 6) is -0.630. The van der Waals surface area contributed by atoms with E-state index in [2.05, 4.69) is 26.5 Å². The van der Waals surface area contributed by atoms with Crippen LogP contribution in [0.25, 0.3) is 0 Å². The second kappa shape index (κ2) is 9.62. The van der Waals surface area contributed by atoms with Crippen LogP contribution in [0, 0.1) is 13.8 Å². The van der Waals surface area contributed by atoms with Crippen molar-refractivity contribution in [2.45, 2.75) is 13.8 Å². The number of benzene rings is 2. The maximum Gasteiger partial charge on any atom is 0.269 e. The number of hydrogen-bond donors (Lipinski definition) is 4. The van der Waals surface area contributed by atoms with Crippen molar-refractivity contribution >= 4 is 40.5 Å². The van der Waals surface area contributed by atoms with Gasteiger partial charge >= 0.3 is 0 Å². The van der Waals surface area contributed by atoms with Gasteiger partial charge < -0.3 is 10.6 Å². The first kappa shape index (κ1) is 20.9. The smallest absolute Gasteiger partial charge is 0.269 e. The minimum atomic E-state index is -0.357. The summed E-state index contributed by atoms with van der Waals surface area (Å²) >= 11 is 5.22. The normalized spacial score (nSPS) is 10.1. The van der Waals surface area contributed by atoms with Crippen LogP contribution < -0.4 is 21.5 Å². The fourth-order valence-electron chi connectivity index (χ4n) is 2.70. The first-order valence-corrected chi connectivity index (χ1v) is 9.59. The Balaban J connectivity index is 1.52. The molecule has 4 N–H and O–H groups in total. The van der Waals surface area contributed by atoms with Crippen LogP contribution in [0.3, 0.4) is 0 Å². The Morgan fingerprint density at radius 1 is 0.867 bits per heavy atom. The van der Waals surface area contributed by atoms with E-state index in [1.807, 2.05) is 32.0 Å². The van der Waals surface area contributed by atoms with Crippen LogP contribution >= 0.6 is 12.2 Å². The van der Waals surface area contributed by atoms with Crippen molar-refractivity contribution < 1.29 is 9.59 Å². The predicted octanol–water partition coefficient (Wildman–Crippen LogP) is 3.58. The molecular weight excluding hydrogens is 398 g/mol. The van der Waals surface area contributed by atoms with E-state index in [1.54, 1.807) is 42.6 Å². The van der Waals surface area contributed by atoms with E-state index in [0.717, 1.165) is 16.8 Å². The van der Waals surface area contributed by atoms with Crippen LogP contribution in [0.5, 0.6) is 0 Å². The molecular formula is C22H21N5O2S. The monoisotopic (exact) mass is 419 g/mol. The molecule has 1 heterocycles. The van der Waals surface area contributed by atoms with Gasteiger partial charge in [-0.1, -0.05) is 17.7 Å². The van der Waals surface area contributed by atoms with Crippen molar-refractivity contribution in [3.05, 3.63) is 89.2 Å². The molecule has 152 valence electrons. The van der Waals surface area contributed by atoms with Gasteiger partial charge in [0.1, 0.15) is 0 Å². The van der Waals surface area contributed by atoms with Crippen LogP contribution in [-0.4, -0.2) is 21.9 Å². The summed E-state index contributed by atoms with van der Waals surface area (Å²) in [6.45, 7) is 3.99. The van der Waals surface area contributed by atoms with E-state index >= 15 is 0 Å². The third-order valence-electron chi connectivity index (χ3n) is 4.25. The lowest BCUT2D eigenvalue weighted by Gasteiger charge is -2.14. The largest absolute Gasteiger partial charge is 0.331 e. The van der Waals surface area contributed by atoms with Crippen molar-refractivity contribution in [2.75, 3.05) is 10.6 Å². The summed E-state index contributed by atoms with van der Waals surface area (Å²) in [5.41, 5.74) is 9.74. The highest BCUT2D eigenvalue weighted by Crippen LogP contribution is 2.15. The van der Waals surface area contributed by atoms with Crippen molar-refractivity contribution in [1.29, 1.82) is 0 Å². The molecule has 0 radical (unpaired) electrons. The first-order valence-electron chi connectivity index (χ1n) is 9.18. The number of carbonyl (C=O) groups excluding carboxylic acids is 2. The van der Waals surface area contributed by atoms with Crippen molar-refractivity contribution in [1.82, 2.24) is 15.8 Å². The average molecular weight is 420 g/mol. The van der Waals surface area contributed by atoms with Gasteiger partial charge in [0.15, 0.2) is 5.11 Å². The molecule has 0 fully saturated rings. The maximum atomic E-state index is 12.3. The van der Waals surface area contributed by atoms with Gasteiger partial charge in [0.25, 0.3) is 11.8 Å². The van der Waals surface area contributed by atoms with E-state index in [9.17, 15) is 9.59 Å². The Bertz CT molecular complexity index is 1070. The summed E-state index contributed by atoms with van der Waals surface area (Å²) in [7, 11) is 0. The van der Waals surface area contributed by atoms with Crippen LogP contribution in [-0.2, 0) is 0 Å². The zero-order valence-electron chi connectivity index (χ0n) is 16.5. The Hall–Kier alpha value is -3.78. The number of aryl methyl sites for hydroxylation is 2. The number of amides is 2. The number of anilines is 2. The molecule has 2 aromatic carbocycles. The van der Waals surface area contributed by atoms with Crippen molar-refractivity contribution in [3.8, 4) is 0 Å². The summed E-state index contributed by atoms with van der Waals surface area (Å²) in [6.07, 6.45) is 3.08. The van der Waals surface area contributed by atoms with Crippen molar-refractivity contribution in [2.24, 2.45) is 0 Å². The molecule has 0 aliphatic heterocycles. The highest BCUT2D eigenvalue weighted by Gasteiger charge is 2.09. The lowest BCUT2D eigenvalue weighted by Crippen LogP contribution is -2.43. The highest BCUT2D eigenvalue weighted by molar-refractivity contribution is 7.80. The quantitative estimate of drug-likeness (QED) is 0.381. The zero-order chi connectivity index (χ0) is 21.5. The summed E-state index contributed by atoms with van der Waals surface area (Å²) < 4.78 is 0. The van der Waals surface area contributed by atoms with Gasteiger partial charge in [0.05, 0.1) is 5.56 Å². The van der Waals surface area contributed by atoms with Gasteiger partial charge in [0.2, 0.25) is 0 Å². The van der Waals surface area contributed by atoms with Gasteiger partial charge in [0, 0.05) is 29.3 Å². The number of nitrogens with zero attached hydrogens (tertiary/aromatic N) is 1. The van der Waals surface area contributed by atoms with Crippen LogP contribution in [0.15, 0.2) is 67.0 Å². The number of rotatable bonds is 4. The van der Waals surface area contributed by atoms with Crippen LogP contribution in [0.4, 0.5) is 11.4 Å². The fourth-order valence-corrected chi connectivity index (χ4v) is 2.86. The van der Waals surface area contributed by atoms with Gasteiger partial charge in [-0.05, 0) is 74.1 Å². The van der Waals surface area contributed by atoms with E-state index in [0.29, 0.717) is 16.8 Å². The topological polar surface area (TPSA) is 95.1 Å². The van der Waals surface area contributed by atoms with E-state index in [4.69, 9.17) is 12.2 Å².